The molecule has 1 atom stereocenters. The van der Waals surface area contributed by atoms with E-state index < -0.39 is 17.7 Å². The molecule has 9 heteroatoms. The number of primary amides is 1. The van der Waals surface area contributed by atoms with Crippen LogP contribution in [0.5, 0.6) is 0 Å². The highest BCUT2D eigenvalue weighted by Crippen LogP contribution is 2.24. The number of nitrogens with zero attached hydrogens (tertiary/aromatic N) is 4. The van der Waals surface area contributed by atoms with Crippen LogP contribution in [-0.4, -0.2) is 50.0 Å². The number of pyridine rings is 1. The summed E-state index contributed by atoms with van der Waals surface area (Å²) in [5.41, 5.74) is 9.19. The first-order valence-corrected chi connectivity index (χ1v) is 11.1. The first-order valence-electron chi connectivity index (χ1n) is 11.1. The summed E-state index contributed by atoms with van der Waals surface area (Å²) in [7, 11) is 0. The molecule has 0 radical (unpaired) electrons. The van der Waals surface area contributed by atoms with Gasteiger partial charge in [-0.05, 0) is 63.8 Å². The Balaban J connectivity index is 1.73. The molecular weight excluding hydrogens is 432 g/mol. The maximum Gasteiger partial charge on any atom is 0.313 e. The average molecular weight is 463 g/mol. The van der Waals surface area contributed by atoms with E-state index in [1.54, 1.807) is 4.90 Å². The van der Waals surface area contributed by atoms with E-state index in [0.717, 1.165) is 35.5 Å². The van der Waals surface area contributed by atoms with E-state index in [4.69, 9.17) is 5.73 Å². The topological polar surface area (TPSA) is 123 Å². The normalized spacial score (nSPS) is 16.5. The van der Waals surface area contributed by atoms with Gasteiger partial charge in [-0.25, -0.2) is 4.68 Å². The lowest BCUT2D eigenvalue weighted by atomic mass is 9.95. The van der Waals surface area contributed by atoms with Crippen LogP contribution in [0.1, 0.15) is 47.9 Å². The van der Waals surface area contributed by atoms with Gasteiger partial charge in [-0.15, -0.1) is 0 Å². The van der Waals surface area contributed by atoms with Crippen molar-refractivity contribution in [1.82, 2.24) is 19.7 Å². The fourth-order valence-corrected chi connectivity index (χ4v) is 4.00. The summed E-state index contributed by atoms with van der Waals surface area (Å²) in [5.74, 6) is -2.13. The molecule has 1 aliphatic rings. The van der Waals surface area contributed by atoms with Gasteiger partial charge in [0, 0.05) is 18.4 Å². The molecule has 3 amide bonds. The standard InChI is InChI=1S/C25H30N6O3/c1-5-21(31-18(4)12-17(3)29-31)10-9-16(2)22-8-6-7-11-30(22)25(34)24(33)28-20-13-19(23(26)32)14-27-15-20/h5,9-10,12-15,22H,2,6-8,11H2,1,3-4H3,(H2,26,32)(H,28,33)/b10-9-,21-5+/t22-/m0/s1. The number of aryl methyl sites for hydroxylation is 2. The van der Waals surface area contributed by atoms with Crippen molar-refractivity contribution in [3.05, 3.63) is 71.9 Å². The molecule has 0 saturated carbocycles. The van der Waals surface area contributed by atoms with Crippen LogP contribution in [0.2, 0.25) is 0 Å². The van der Waals surface area contributed by atoms with Crippen LogP contribution in [0, 0.1) is 13.8 Å². The van der Waals surface area contributed by atoms with Crippen molar-refractivity contribution in [2.45, 2.75) is 46.1 Å². The summed E-state index contributed by atoms with van der Waals surface area (Å²) in [6.07, 6.45) is 10.8. The number of nitrogens with two attached hydrogens (primary N) is 1. The molecule has 1 aliphatic heterocycles. The van der Waals surface area contributed by atoms with Gasteiger partial charge < -0.3 is 16.0 Å². The van der Waals surface area contributed by atoms with Crippen molar-refractivity contribution < 1.29 is 14.4 Å². The number of carbonyl (C=O) groups is 3. The van der Waals surface area contributed by atoms with Gasteiger partial charge in [-0.2, -0.15) is 5.10 Å². The maximum atomic E-state index is 13.0. The summed E-state index contributed by atoms with van der Waals surface area (Å²) < 4.78 is 1.85. The number of amides is 3. The maximum absolute atomic E-state index is 13.0. The minimum Gasteiger partial charge on any atom is -0.366 e. The molecular formula is C25H30N6O3. The second-order valence-corrected chi connectivity index (χ2v) is 8.25. The van der Waals surface area contributed by atoms with Gasteiger partial charge in [-0.1, -0.05) is 18.7 Å². The number of hydrogen-bond donors (Lipinski definition) is 2. The fraction of sp³-hybridized carbons (Fsp3) is 0.320. The lowest BCUT2D eigenvalue weighted by molar-refractivity contribution is -0.145. The Morgan fingerprint density at radius 2 is 1.94 bits per heavy atom. The van der Waals surface area contributed by atoms with Crippen molar-refractivity contribution in [3.63, 3.8) is 0 Å². The third-order valence-corrected chi connectivity index (χ3v) is 5.68. The monoisotopic (exact) mass is 462 g/mol. The minimum absolute atomic E-state index is 0.141. The number of likely N-dealkylation sites (tertiary alicyclic amines) is 1. The Bertz CT molecular complexity index is 1180. The molecule has 9 nitrogen and oxygen atoms in total. The fourth-order valence-electron chi connectivity index (χ4n) is 4.00. The lowest BCUT2D eigenvalue weighted by Gasteiger charge is -2.35. The molecule has 0 aliphatic carbocycles. The second-order valence-electron chi connectivity index (χ2n) is 8.25. The number of carbonyl (C=O) groups excluding carboxylic acids is 3. The number of piperidine rings is 1. The molecule has 1 saturated heterocycles. The average Bonchev–Trinajstić information content (AvgIpc) is 3.16. The summed E-state index contributed by atoms with van der Waals surface area (Å²) in [5, 5.41) is 7.03. The quantitative estimate of drug-likeness (QED) is 0.505. The zero-order valence-corrected chi connectivity index (χ0v) is 19.7. The predicted octanol–water partition coefficient (Wildman–Crippen LogP) is 2.99. The van der Waals surface area contributed by atoms with Crippen LogP contribution in [0.15, 0.2) is 54.9 Å². The van der Waals surface area contributed by atoms with Gasteiger partial charge in [0.15, 0.2) is 0 Å². The van der Waals surface area contributed by atoms with Crippen molar-refractivity contribution in [2.24, 2.45) is 5.73 Å². The van der Waals surface area contributed by atoms with Gasteiger partial charge in [0.2, 0.25) is 5.91 Å². The van der Waals surface area contributed by atoms with Gasteiger partial charge in [-0.3, -0.25) is 19.4 Å². The Hall–Kier alpha value is -4.01. The molecule has 0 bridgehead atoms. The number of nitrogens with one attached hydrogen (secondary N) is 1. The van der Waals surface area contributed by atoms with E-state index in [-0.39, 0.29) is 17.3 Å². The molecule has 3 N–H and O–H groups in total. The molecule has 3 heterocycles. The molecule has 3 rings (SSSR count). The zero-order chi connectivity index (χ0) is 24.8. The second kappa shape index (κ2) is 10.7. The molecule has 0 unspecified atom stereocenters. The first-order chi connectivity index (χ1) is 16.2. The van der Waals surface area contributed by atoms with Crippen LogP contribution >= 0.6 is 0 Å². The molecule has 34 heavy (non-hydrogen) atoms. The third-order valence-electron chi connectivity index (χ3n) is 5.68. The zero-order valence-electron chi connectivity index (χ0n) is 19.7. The largest absolute Gasteiger partial charge is 0.366 e. The summed E-state index contributed by atoms with van der Waals surface area (Å²) in [6, 6.07) is 3.09. The first kappa shape index (κ1) is 24.6. The van der Waals surface area contributed by atoms with Crippen molar-refractivity contribution in [2.75, 3.05) is 11.9 Å². The van der Waals surface area contributed by atoms with Gasteiger partial charge >= 0.3 is 11.8 Å². The summed E-state index contributed by atoms with van der Waals surface area (Å²) in [4.78, 5) is 42.5. The van der Waals surface area contributed by atoms with Crippen LogP contribution in [0.25, 0.3) is 5.70 Å². The van der Waals surface area contributed by atoms with Gasteiger partial charge in [0.1, 0.15) is 0 Å². The Labute approximate surface area is 199 Å². The van der Waals surface area contributed by atoms with E-state index in [0.29, 0.717) is 13.0 Å². The highest BCUT2D eigenvalue weighted by atomic mass is 16.2. The van der Waals surface area contributed by atoms with E-state index in [9.17, 15) is 14.4 Å². The number of allylic oxidation sites excluding steroid dienone is 3. The van der Waals surface area contributed by atoms with Crippen LogP contribution in [0.4, 0.5) is 5.69 Å². The summed E-state index contributed by atoms with van der Waals surface area (Å²) >= 11 is 0. The molecule has 2 aromatic rings. The third kappa shape index (κ3) is 5.67. The Kier molecular flexibility index (Phi) is 7.78. The van der Waals surface area contributed by atoms with Crippen molar-refractivity contribution in [3.8, 4) is 0 Å². The molecule has 178 valence electrons. The van der Waals surface area contributed by atoms with Crippen LogP contribution in [-0.2, 0) is 9.59 Å². The van der Waals surface area contributed by atoms with E-state index >= 15 is 0 Å². The lowest BCUT2D eigenvalue weighted by Crippen LogP contribution is -2.48. The smallest absolute Gasteiger partial charge is 0.313 e. The SMILES string of the molecule is C=C(/C=C\C(=C/C)n1nc(C)cc1C)[C@@H]1CCCCN1C(=O)C(=O)Nc1cncc(C(N)=O)c1. The highest BCUT2D eigenvalue weighted by molar-refractivity contribution is 6.39. The Morgan fingerprint density at radius 1 is 1.18 bits per heavy atom. The number of rotatable bonds is 6. The number of anilines is 1. The molecule has 0 aromatic carbocycles. The molecule has 1 fully saturated rings. The summed E-state index contributed by atoms with van der Waals surface area (Å²) in [6.45, 7) is 10.5. The van der Waals surface area contributed by atoms with Crippen LogP contribution in [0.3, 0.4) is 0 Å². The number of aromatic nitrogens is 3. The van der Waals surface area contributed by atoms with E-state index in [2.05, 4.69) is 22.0 Å². The molecule has 2 aromatic heterocycles. The number of hydrogen-bond acceptors (Lipinski definition) is 5. The van der Waals surface area contributed by atoms with E-state index in [1.165, 1.54) is 18.5 Å². The highest BCUT2D eigenvalue weighted by Gasteiger charge is 2.31. The van der Waals surface area contributed by atoms with Crippen molar-refractivity contribution >= 4 is 29.1 Å². The van der Waals surface area contributed by atoms with Crippen molar-refractivity contribution in [1.29, 1.82) is 0 Å². The van der Waals surface area contributed by atoms with E-state index in [1.807, 2.05) is 49.7 Å². The molecule has 0 spiro atoms. The predicted molar refractivity (Wildman–Crippen MR) is 131 cm³/mol. The minimum atomic E-state index is -0.802. The van der Waals surface area contributed by atoms with Gasteiger partial charge in [0.25, 0.3) is 0 Å². The van der Waals surface area contributed by atoms with Gasteiger partial charge in [0.05, 0.1) is 34.9 Å². The Morgan fingerprint density at radius 3 is 2.59 bits per heavy atom. The van der Waals surface area contributed by atoms with Crippen LogP contribution < -0.4 is 11.1 Å².